The van der Waals surface area contributed by atoms with E-state index in [4.69, 9.17) is 12.8 Å². The molecule has 3 rings (SSSR count). The van der Waals surface area contributed by atoms with Crippen molar-refractivity contribution in [2.24, 2.45) is 0 Å². The lowest BCUT2D eigenvalue weighted by Gasteiger charge is -2.11. The van der Waals surface area contributed by atoms with Crippen molar-refractivity contribution >= 4 is 21.5 Å². The number of aromatic hydroxyl groups is 2. The summed E-state index contributed by atoms with van der Waals surface area (Å²) in [5.74, 6) is 5.57. The van der Waals surface area contributed by atoms with E-state index in [1.54, 1.807) is 36.4 Å². The standard InChI is InChI=1S/C18H10O2/c1-3-13-15-7-5-12(20)10-18(15)14(4-2)16-8-6-11(19)9-17(13)16/h1-2,5-10,19-20H. The minimum Gasteiger partial charge on any atom is -0.508 e. The molecule has 3 aromatic carbocycles. The molecule has 0 saturated carbocycles. The predicted molar refractivity (Wildman–Crippen MR) is 80.7 cm³/mol. The summed E-state index contributed by atoms with van der Waals surface area (Å²) < 4.78 is 0. The number of benzene rings is 3. The van der Waals surface area contributed by atoms with Crippen molar-refractivity contribution in [3.8, 4) is 36.2 Å². The molecule has 0 unspecified atom stereocenters. The van der Waals surface area contributed by atoms with Crippen LogP contribution in [-0.4, -0.2) is 10.2 Å². The van der Waals surface area contributed by atoms with Crippen LogP contribution in [0.25, 0.3) is 21.5 Å². The summed E-state index contributed by atoms with van der Waals surface area (Å²) in [6, 6.07) is 9.83. The lowest BCUT2D eigenvalue weighted by Crippen LogP contribution is -1.90. The maximum Gasteiger partial charge on any atom is 0.116 e. The second kappa shape index (κ2) is 4.23. The number of phenolic OH excluding ortho intramolecular Hbond substituents is 2. The van der Waals surface area contributed by atoms with Gasteiger partial charge in [0.05, 0.1) is 0 Å². The average molecular weight is 258 g/mol. The van der Waals surface area contributed by atoms with Crippen LogP contribution in [0.4, 0.5) is 0 Å². The van der Waals surface area contributed by atoms with Gasteiger partial charge in [-0.2, -0.15) is 0 Å². The Morgan fingerprint density at radius 3 is 1.40 bits per heavy atom. The second-order valence-corrected chi connectivity index (χ2v) is 4.50. The molecule has 3 aromatic rings. The van der Waals surface area contributed by atoms with Crippen LogP contribution in [0.5, 0.6) is 11.5 Å². The molecule has 94 valence electrons. The molecule has 20 heavy (non-hydrogen) atoms. The summed E-state index contributed by atoms with van der Waals surface area (Å²) in [7, 11) is 0. The topological polar surface area (TPSA) is 40.5 Å². The minimum atomic E-state index is 0.134. The summed E-state index contributed by atoms with van der Waals surface area (Å²) >= 11 is 0. The first-order valence-electron chi connectivity index (χ1n) is 6.00. The summed E-state index contributed by atoms with van der Waals surface area (Å²) in [5, 5.41) is 22.4. The highest BCUT2D eigenvalue weighted by atomic mass is 16.3. The Morgan fingerprint density at radius 2 is 1.05 bits per heavy atom. The Balaban J connectivity index is 2.69. The van der Waals surface area contributed by atoms with Gasteiger partial charge >= 0.3 is 0 Å². The van der Waals surface area contributed by atoms with Crippen molar-refractivity contribution in [1.82, 2.24) is 0 Å². The number of hydrogen-bond acceptors (Lipinski definition) is 2. The Bertz CT molecular complexity index is 858. The SMILES string of the molecule is C#Cc1c2ccc(O)cc2c(C#C)c2ccc(O)cc12. The van der Waals surface area contributed by atoms with E-state index in [0.717, 1.165) is 21.5 Å². The van der Waals surface area contributed by atoms with Crippen LogP contribution < -0.4 is 0 Å². The quantitative estimate of drug-likeness (QED) is 0.479. The molecule has 2 nitrogen and oxygen atoms in total. The molecule has 0 aliphatic carbocycles. The highest BCUT2D eigenvalue weighted by Gasteiger charge is 2.12. The first-order valence-corrected chi connectivity index (χ1v) is 6.00. The van der Waals surface area contributed by atoms with Crippen molar-refractivity contribution in [3.05, 3.63) is 47.5 Å². The van der Waals surface area contributed by atoms with Crippen LogP contribution in [0, 0.1) is 24.7 Å². The lowest BCUT2D eigenvalue weighted by atomic mass is 9.92. The normalized spacial score (nSPS) is 10.3. The van der Waals surface area contributed by atoms with Crippen molar-refractivity contribution < 1.29 is 10.2 Å². The molecule has 0 aliphatic rings. The second-order valence-electron chi connectivity index (χ2n) is 4.50. The van der Waals surface area contributed by atoms with Crippen molar-refractivity contribution in [3.63, 3.8) is 0 Å². The molecule has 0 radical (unpaired) electrons. The van der Waals surface area contributed by atoms with Gasteiger partial charge in [-0.3, -0.25) is 0 Å². The summed E-state index contributed by atoms with van der Waals surface area (Å²) in [5.41, 5.74) is 1.31. The first-order chi connectivity index (χ1) is 9.65. The molecule has 0 aliphatic heterocycles. The van der Waals surface area contributed by atoms with Crippen LogP contribution in [-0.2, 0) is 0 Å². The van der Waals surface area contributed by atoms with Gasteiger partial charge in [0, 0.05) is 21.9 Å². The summed E-state index contributed by atoms with van der Waals surface area (Å²) in [6.45, 7) is 0. The zero-order valence-corrected chi connectivity index (χ0v) is 10.5. The summed E-state index contributed by atoms with van der Waals surface area (Å²) in [6.07, 6.45) is 11.2. The maximum atomic E-state index is 9.67. The van der Waals surface area contributed by atoms with Gasteiger partial charge in [0.15, 0.2) is 0 Å². The lowest BCUT2D eigenvalue weighted by molar-refractivity contribution is 0.475. The molecule has 0 spiro atoms. The van der Waals surface area contributed by atoms with Gasteiger partial charge in [0.2, 0.25) is 0 Å². The molecular weight excluding hydrogens is 248 g/mol. The first kappa shape index (κ1) is 12.0. The Morgan fingerprint density at radius 1 is 0.650 bits per heavy atom. The van der Waals surface area contributed by atoms with E-state index in [0.29, 0.717) is 11.1 Å². The Kier molecular flexibility index (Phi) is 2.53. The van der Waals surface area contributed by atoms with E-state index < -0.39 is 0 Å². The highest BCUT2D eigenvalue weighted by molar-refractivity contribution is 6.10. The largest absolute Gasteiger partial charge is 0.508 e. The molecular formula is C18H10O2. The fraction of sp³-hybridized carbons (Fsp3) is 0. The van der Waals surface area contributed by atoms with Crippen LogP contribution in [0.1, 0.15) is 11.1 Å². The van der Waals surface area contributed by atoms with Crippen molar-refractivity contribution in [1.29, 1.82) is 0 Å². The number of fused-ring (bicyclic) bond motifs is 2. The Hall–Kier alpha value is -3.10. The van der Waals surface area contributed by atoms with E-state index in [1.165, 1.54) is 0 Å². The molecule has 0 atom stereocenters. The Labute approximate surface area is 116 Å². The molecule has 0 bridgehead atoms. The molecule has 0 amide bonds. The zero-order valence-electron chi connectivity index (χ0n) is 10.5. The monoisotopic (exact) mass is 258 g/mol. The number of phenols is 2. The molecule has 2 heteroatoms. The third-order valence-electron chi connectivity index (χ3n) is 3.37. The number of terminal acetylenes is 2. The molecule has 0 fully saturated rings. The van der Waals surface area contributed by atoms with E-state index in [9.17, 15) is 10.2 Å². The molecule has 0 heterocycles. The number of hydrogen-bond donors (Lipinski definition) is 2. The third kappa shape index (κ3) is 1.56. The van der Waals surface area contributed by atoms with E-state index in [-0.39, 0.29) is 11.5 Å². The van der Waals surface area contributed by atoms with Crippen LogP contribution in [0.15, 0.2) is 36.4 Å². The zero-order chi connectivity index (χ0) is 14.3. The highest BCUT2D eigenvalue weighted by Crippen LogP contribution is 2.35. The van der Waals surface area contributed by atoms with Crippen molar-refractivity contribution in [2.45, 2.75) is 0 Å². The van der Waals surface area contributed by atoms with Crippen LogP contribution >= 0.6 is 0 Å². The molecule has 0 aromatic heterocycles. The van der Waals surface area contributed by atoms with Gasteiger partial charge in [0.25, 0.3) is 0 Å². The smallest absolute Gasteiger partial charge is 0.116 e. The van der Waals surface area contributed by atoms with E-state index in [1.807, 2.05) is 0 Å². The average Bonchev–Trinajstić information content (AvgIpc) is 2.44. The van der Waals surface area contributed by atoms with Crippen LogP contribution in [0.3, 0.4) is 0 Å². The fourth-order valence-corrected chi connectivity index (χ4v) is 2.52. The van der Waals surface area contributed by atoms with Gasteiger partial charge in [0.1, 0.15) is 11.5 Å². The van der Waals surface area contributed by atoms with Gasteiger partial charge in [-0.25, -0.2) is 0 Å². The van der Waals surface area contributed by atoms with Gasteiger partial charge in [-0.05, 0) is 47.2 Å². The number of rotatable bonds is 0. The summed E-state index contributed by atoms with van der Waals surface area (Å²) in [4.78, 5) is 0. The van der Waals surface area contributed by atoms with Gasteiger partial charge < -0.3 is 10.2 Å². The minimum absolute atomic E-state index is 0.134. The molecule has 0 saturated heterocycles. The van der Waals surface area contributed by atoms with Gasteiger partial charge in [-0.15, -0.1) is 12.8 Å². The third-order valence-corrected chi connectivity index (χ3v) is 3.37. The molecule has 2 N–H and O–H groups in total. The van der Waals surface area contributed by atoms with Crippen LogP contribution in [0.2, 0.25) is 0 Å². The maximum absolute atomic E-state index is 9.67. The van der Waals surface area contributed by atoms with E-state index >= 15 is 0 Å². The fourth-order valence-electron chi connectivity index (χ4n) is 2.52. The van der Waals surface area contributed by atoms with Gasteiger partial charge in [-0.1, -0.05) is 11.8 Å². The van der Waals surface area contributed by atoms with E-state index in [2.05, 4.69) is 11.8 Å². The van der Waals surface area contributed by atoms with Crippen molar-refractivity contribution in [2.75, 3.05) is 0 Å². The predicted octanol–water partition coefficient (Wildman–Crippen LogP) is 3.37.